The lowest BCUT2D eigenvalue weighted by Gasteiger charge is -2.12. The molecule has 0 atom stereocenters. The van der Waals surface area contributed by atoms with Gasteiger partial charge in [-0.25, -0.2) is 0 Å². The molecular formula is C26H19NO3S2. The molecule has 4 aromatic rings. The summed E-state index contributed by atoms with van der Waals surface area (Å²) in [5.41, 5.74) is 2.07. The van der Waals surface area contributed by atoms with Gasteiger partial charge in [0.05, 0.1) is 11.4 Å². The maximum Gasteiger partial charge on any atom is 0.293 e. The minimum Gasteiger partial charge on any atom is -0.447 e. The van der Waals surface area contributed by atoms with E-state index in [0.29, 0.717) is 4.91 Å². The van der Waals surface area contributed by atoms with Gasteiger partial charge in [-0.3, -0.25) is 14.5 Å². The van der Waals surface area contributed by atoms with Crippen molar-refractivity contribution in [3.05, 3.63) is 99.8 Å². The summed E-state index contributed by atoms with van der Waals surface area (Å²) >= 11 is 2.41. The van der Waals surface area contributed by atoms with Crippen LogP contribution in [0.4, 0.5) is 4.79 Å². The number of carbonyl (C=O) groups excluding carboxylic acids is 2. The second-order valence-corrected chi connectivity index (χ2v) is 9.59. The molecule has 32 heavy (non-hydrogen) atoms. The number of carbonyl (C=O) groups is 2. The van der Waals surface area contributed by atoms with Crippen LogP contribution in [-0.4, -0.2) is 16.0 Å². The summed E-state index contributed by atoms with van der Waals surface area (Å²) < 4.78 is 6.01. The molecule has 0 N–H and O–H groups in total. The molecule has 1 aliphatic rings. The van der Waals surface area contributed by atoms with E-state index in [0.717, 1.165) is 49.4 Å². The largest absolute Gasteiger partial charge is 0.447 e. The Morgan fingerprint density at radius 3 is 2.50 bits per heavy atom. The van der Waals surface area contributed by atoms with Crippen molar-refractivity contribution in [1.82, 2.24) is 4.90 Å². The highest BCUT2D eigenvalue weighted by atomic mass is 32.2. The molecule has 0 aliphatic carbocycles. The van der Waals surface area contributed by atoms with Crippen molar-refractivity contribution < 1.29 is 14.3 Å². The molecule has 1 fully saturated rings. The van der Waals surface area contributed by atoms with Gasteiger partial charge in [0.15, 0.2) is 5.06 Å². The molecule has 3 aromatic carbocycles. The van der Waals surface area contributed by atoms with Gasteiger partial charge < -0.3 is 4.74 Å². The summed E-state index contributed by atoms with van der Waals surface area (Å²) in [6.45, 7) is 2.29. The second kappa shape index (κ2) is 8.65. The zero-order valence-electron chi connectivity index (χ0n) is 17.3. The fourth-order valence-electron chi connectivity index (χ4n) is 3.46. The van der Waals surface area contributed by atoms with E-state index in [4.69, 9.17) is 4.74 Å². The van der Waals surface area contributed by atoms with Crippen molar-refractivity contribution in [1.29, 1.82) is 0 Å². The van der Waals surface area contributed by atoms with Gasteiger partial charge in [0.25, 0.3) is 11.1 Å². The quantitative estimate of drug-likeness (QED) is 0.296. The Morgan fingerprint density at radius 1 is 0.906 bits per heavy atom. The predicted octanol–water partition coefficient (Wildman–Crippen LogP) is 7.24. The van der Waals surface area contributed by atoms with Gasteiger partial charge in [0, 0.05) is 4.88 Å². The second-order valence-electron chi connectivity index (χ2n) is 7.52. The Labute approximate surface area is 194 Å². The first-order valence-electron chi connectivity index (χ1n) is 10.1. The Hall–Kier alpha value is -3.35. The van der Waals surface area contributed by atoms with Crippen molar-refractivity contribution in [2.75, 3.05) is 0 Å². The number of nitrogens with zero attached hydrogens (tertiary/aromatic N) is 1. The van der Waals surface area contributed by atoms with E-state index >= 15 is 0 Å². The maximum absolute atomic E-state index is 12.8. The van der Waals surface area contributed by atoms with Crippen molar-refractivity contribution in [2.45, 2.75) is 13.5 Å². The van der Waals surface area contributed by atoms with Gasteiger partial charge in [0.2, 0.25) is 0 Å². The molecule has 1 aliphatic heterocycles. The summed E-state index contributed by atoms with van der Waals surface area (Å²) in [5.74, 6) is 0.501. The summed E-state index contributed by atoms with van der Waals surface area (Å²) in [6.07, 6.45) is 1.76. The standard InChI is InChI=1S/C26H19NO3S2/c1-17-6-8-18(9-7-17)16-27-25(28)23(32-26(27)29)15-22-12-13-24(31-22)30-21-11-10-19-4-2-3-5-20(19)14-21/h2-15H,16H2,1H3/b23-15-. The number of fused-ring (bicyclic) bond motifs is 1. The molecule has 1 saturated heterocycles. The lowest BCUT2D eigenvalue weighted by molar-refractivity contribution is -0.123. The van der Waals surface area contributed by atoms with E-state index in [-0.39, 0.29) is 17.7 Å². The van der Waals surface area contributed by atoms with Crippen LogP contribution in [0.1, 0.15) is 16.0 Å². The zero-order valence-corrected chi connectivity index (χ0v) is 18.9. The molecule has 0 radical (unpaired) electrons. The highest BCUT2D eigenvalue weighted by molar-refractivity contribution is 8.18. The van der Waals surface area contributed by atoms with Crippen LogP contribution in [-0.2, 0) is 11.3 Å². The number of thioether (sulfide) groups is 1. The monoisotopic (exact) mass is 457 g/mol. The van der Waals surface area contributed by atoms with Gasteiger partial charge in [-0.1, -0.05) is 71.5 Å². The molecule has 158 valence electrons. The zero-order chi connectivity index (χ0) is 22.1. The molecular weight excluding hydrogens is 438 g/mol. The molecule has 2 amide bonds. The van der Waals surface area contributed by atoms with Crippen molar-refractivity contribution in [2.24, 2.45) is 0 Å². The lowest BCUT2D eigenvalue weighted by Crippen LogP contribution is -2.27. The summed E-state index contributed by atoms with van der Waals surface area (Å²) in [6, 6.07) is 25.7. The van der Waals surface area contributed by atoms with Crippen molar-refractivity contribution >= 4 is 51.1 Å². The minimum absolute atomic E-state index is 0.244. The first-order valence-corrected chi connectivity index (χ1v) is 11.8. The average Bonchev–Trinajstić information content (AvgIpc) is 3.34. The van der Waals surface area contributed by atoms with E-state index in [1.807, 2.05) is 73.7 Å². The van der Waals surface area contributed by atoms with Crippen LogP contribution in [0.15, 0.2) is 83.8 Å². The normalized spacial score (nSPS) is 15.2. The number of benzene rings is 3. The number of amides is 2. The molecule has 0 unspecified atom stereocenters. The van der Waals surface area contributed by atoms with E-state index in [9.17, 15) is 9.59 Å². The SMILES string of the molecule is Cc1ccc(CN2C(=O)S/C(=C\c3ccc(Oc4ccc5ccccc5c4)s3)C2=O)cc1. The molecule has 2 heterocycles. The van der Waals surface area contributed by atoms with Gasteiger partial charge in [0.1, 0.15) is 5.75 Å². The fraction of sp³-hybridized carbons (Fsp3) is 0.0769. The average molecular weight is 458 g/mol. The number of rotatable bonds is 5. The van der Waals surface area contributed by atoms with Crippen LogP contribution in [0.25, 0.3) is 16.8 Å². The number of hydrogen-bond donors (Lipinski definition) is 0. The van der Waals surface area contributed by atoms with Crippen LogP contribution in [0.2, 0.25) is 0 Å². The first-order chi connectivity index (χ1) is 15.5. The molecule has 1 aromatic heterocycles. The van der Waals surface area contributed by atoms with Gasteiger partial charge in [-0.15, -0.1) is 0 Å². The number of thiophene rings is 1. The molecule has 0 bridgehead atoms. The molecule has 0 saturated carbocycles. The van der Waals surface area contributed by atoms with Crippen LogP contribution in [0.5, 0.6) is 10.8 Å². The third-order valence-corrected chi connectivity index (χ3v) is 6.97. The Bertz CT molecular complexity index is 1360. The maximum atomic E-state index is 12.8. The number of ether oxygens (including phenoxy) is 1. The van der Waals surface area contributed by atoms with Gasteiger partial charge in [-0.2, -0.15) is 0 Å². The Kier molecular flexibility index (Phi) is 5.55. The smallest absolute Gasteiger partial charge is 0.293 e. The Balaban J connectivity index is 1.30. The topological polar surface area (TPSA) is 46.6 Å². The molecule has 0 spiro atoms. The predicted molar refractivity (Wildman–Crippen MR) is 131 cm³/mol. The lowest BCUT2D eigenvalue weighted by atomic mass is 10.1. The minimum atomic E-state index is -0.258. The van der Waals surface area contributed by atoms with Crippen LogP contribution in [0, 0.1) is 6.92 Å². The Morgan fingerprint density at radius 2 is 1.69 bits per heavy atom. The van der Waals surface area contributed by atoms with E-state index in [1.54, 1.807) is 6.08 Å². The van der Waals surface area contributed by atoms with E-state index < -0.39 is 0 Å². The summed E-state index contributed by atoms with van der Waals surface area (Å²) in [4.78, 5) is 27.8. The fourth-order valence-corrected chi connectivity index (χ4v) is 5.18. The van der Waals surface area contributed by atoms with Crippen LogP contribution in [0.3, 0.4) is 0 Å². The van der Waals surface area contributed by atoms with Crippen molar-refractivity contribution in [3.63, 3.8) is 0 Å². The van der Waals surface area contributed by atoms with Crippen LogP contribution >= 0.6 is 23.1 Å². The van der Waals surface area contributed by atoms with Gasteiger partial charge >= 0.3 is 0 Å². The van der Waals surface area contributed by atoms with Crippen LogP contribution < -0.4 is 4.74 Å². The van der Waals surface area contributed by atoms with E-state index in [1.165, 1.54) is 16.2 Å². The van der Waals surface area contributed by atoms with E-state index in [2.05, 4.69) is 12.1 Å². The highest BCUT2D eigenvalue weighted by Gasteiger charge is 2.35. The molecule has 5 rings (SSSR count). The third-order valence-electron chi connectivity index (χ3n) is 5.15. The summed E-state index contributed by atoms with van der Waals surface area (Å²) in [5, 5.41) is 2.76. The van der Waals surface area contributed by atoms with Gasteiger partial charge in [-0.05, 0) is 65.4 Å². The number of aryl methyl sites for hydroxylation is 1. The first kappa shape index (κ1) is 20.5. The van der Waals surface area contributed by atoms with Crippen molar-refractivity contribution in [3.8, 4) is 10.8 Å². The number of hydrogen-bond acceptors (Lipinski definition) is 5. The number of imide groups is 1. The molecule has 6 heteroatoms. The molecule has 4 nitrogen and oxygen atoms in total. The third kappa shape index (κ3) is 4.33. The summed E-state index contributed by atoms with van der Waals surface area (Å²) in [7, 11) is 0. The highest BCUT2D eigenvalue weighted by Crippen LogP contribution is 2.37.